The molecule has 0 aromatic heterocycles. The second-order valence-corrected chi connectivity index (χ2v) is 9.00. The fourth-order valence-electron chi connectivity index (χ4n) is 2.26. The third kappa shape index (κ3) is 7.92. The van der Waals surface area contributed by atoms with E-state index >= 15 is 0 Å². The Hall–Kier alpha value is -2.02. The van der Waals surface area contributed by atoms with Crippen molar-refractivity contribution in [2.24, 2.45) is 0 Å². The molecule has 0 aliphatic carbocycles. The van der Waals surface area contributed by atoms with Crippen molar-refractivity contribution < 1.29 is 32.7 Å². The second-order valence-electron chi connectivity index (χ2n) is 6.94. The van der Waals surface area contributed by atoms with E-state index in [9.17, 15) is 18.9 Å². The van der Waals surface area contributed by atoms with Gasteiger partial charge in [-0.25, -0.2) is 0 Å². The SMILES string of the molecule is CCOP(=O)(CC(=O)OC(C(=O)NC(C)(C)C)C(=O)c1ccccc1)OCC. The number of hydrogen-bond donors (Lipinski definition) is 1. The first-order valence-corrected chi connectivity index (χ1v) is 10.7. The molecule has 1 atom stereocenters. The molecule has 0 saturated heterocycles. The van der Waals surface area contributed by atoms with Gasteiger partial charge in [0.25, 0.3) is 5.91 Å². The van der Waals surface area contributed by atoms with Crippen molar-refractivity contribution in [2.75, 3.05) is 19.4 Å². The number of nitrogens with one attached hydrogen (secondary N) is 1. The van der Waals surface area contributed by atoms with Crippen LogP contribution in [0, 0.1) is 0 Å². The van der Waals surface area contributed by atoms with Crippen molar-refractivity contribution in [3.05, 3.63) is 35.9 Å². The molecule has 1 amide bonds. The Morgan fingerprint density at radius 1 is 1.04 bits per heavy atom. The molecule has 1 aromatic rings. The van der Waals surface area contributed by atoms with Gasteiger partial charge >= 0.3 is 13.6 Å². The van der Waals surface area contributed by atoms with Gasteiger partial charge in [0.05, 0.1) is 13.2 Å². The Labute approximate surface area is 165 Å². The Bertz CT molecular complexity index is 718. The maximum Gasteiger partial charge on any atom is 0.341 e. The zero-order valence-corrected chi connectivity index (χ0v) is 17.8. The van der Waals surface area contributed by atoms with Crippen molar-refractivity contribution in [3.63, 3.8) is 0 Å². The predicted molar refractivity (Wildman–Crippen MR) is 104 cm³/mol. The molecule has 8 nitrogen and oxygen atoms in total. The quantitative estimate of drug-likeness (QED) is 0.272. The highest BCUT2D eigenvalue weighted by Gasteiger charge is 2.36. The van der Waals surface area contributed by atoms with E-state index in [4.69, 9.17) is 13.8 Å². The van der Waals surface area contributed by atoms with Gasteiger partial charge in [0.15, 0.2) is 0 Å². The molecule has 0 fully saturated rings. The summed E-state index contributed by atoms with van der Waals surface area (Å²) in [5, 5.41) is 2.62. The number of ketones is 1. The fraction of sp³-hybridized carbons (Fsp3) is 0.526. The molecule has 1 aromatic carbocycles. The number of benzene rings is 1. The maximum absolute atomic E-state index is 12.8. The second kappa shape index (κ2) is 10.5. The first-order chi connectivity index (χ1) is 13.0. The van der Waals surface area contributed by atoms with Crippen LogP contribution in [0.1, 0.15) is 45.0 Å². The first-order valence-electron chi connectivity index (χ1n) is 9.00. The monoisotopic (exact) mass is 413 g/mol. The maximum atomic E-state index is 12.8. The lowest BCUT2D eigenvalue weighted by atomic mass is 10.0. The fourth-order valence-corrected chi connectivity index (χ4v) is 3.70. The molecule has 0 aliphatic rings. The van der Waals surface area contributed by atoms with Crippen LogP contribution >= 0.6 is 7.60 Å². The molecule has 0 bridgehead atoms. The highest BCUT2D eigenvalue weighted by atomic mass is 31.2. The zero-order chi connectivity index (χ0) is 21.4. The number of carbonyl (C=O) groups excluding carboxylic acids is 3. The normalized spacial score (nSPS) is 12.9. The van der Waals surface area contributed by atoms with Crippen molar-refractivity contribution in [2.45, 2.75) is 46.3 Å². The van der Waals surface area contributed by atoms with Crippen molar-refractivity contribution in [1.82, 2.24) is 5.32 Å². The molecule has 0 saturated carbocycles. The van der Waals surface area contributed by atoms with Gasteiger partial charge in [-0.15, -0.1) is 0 Å². The molecule has 0 spiro atoms. The highest BCUT2D eigenvalue weighted by Crippen LogP contribution is 2.47. The zero-order valence-electron chi connectivity index (χ0n) is 16.9. The highest BCUT2D eigenvalue weighted by molar-refractivity contribution is 7.54. The van der Waals surface area contributed by atoms with E-state index in [-0.39, 0.29) is 18.8 Å². The Kier molecular flexibility index (Phi) is 9.01. The Balaban J connectivity index is 3.05. The van der Waals surface area contributed by atoms with Gasteiger partial charge in [-0.3, -0.25) is 18.9 Å². The number of ether oxygens (including phenoxy) is 1. The first kappa shape index (κ1) is 24.0. The van der Waals surface area contributed by atoms with Gasteiger partial charge < -0.3 is 19.1 Å². The number of carbonyl (C=O) groups is 3. The lowest BCUT2D eigenvalue weighted by Crippen LogP contribution is -2.50. The molecular formula is C19H28NO7P. The number of esters is 1. The standard InChI is InChI=1S/C19H28NO7P/c1-6-25-28(24,26-7-2)13-15(21)27-17(18(23)20-19(3,4)5)16(22)14-11-9-8-10-12-14/h8-12,17H,6-7,13H2,1-5H3,(H,20,23). The summed E-state index contributed by atoms with van der Waals surface area (Å²) >= 11 is 0. The molecular weight excluding hydrogens is 385 g/mol. The third-order valence-corrected chi connectivity index (χ3v) is 5.21. The lowest BCUT2D eigenvalue weighted by Gasteiger charge is -2.25. The lowest BCUT2D eigenvalue weighted by molar-refractivity contribution is -0.151. The van der Waals surface area contributed by atoms with E-state index in [0.717, 1.165) is 0 Å². The predicted octanol–water partition coefficient (Wildman–Crippen LogP) is 2.96. The van der Waals surface area contributed by atoms with E-state index in [1.54, 1.807) is 52.8 Å². The summed E-state index contributed by atoms with van der Waals surface area (Å²) in [5.41, 5.74) is -0.438. The largest absolute Gasteiger partial charge is 0.443 e. The van der Waals surface area contributed by atoms with Crippen molar-refractivity contribution >= 4 is 25.3 Å². The van der Waals surface area contributed by atoms with Crippen molar-refractivity contribution in [1.29, 1.82) is 0 Å². The van der Waals surface area contributed by atoms with Crippen LogP contribution in [0.5, 0.6) is 0 Å². The van der Waals surface area contributed by atoms with E-state index < -0.39 is 43.1 Å². The molecule has 9 heteroatoms. The van der Waals surface area contributed by atoms with E-state index in [1.807, 2.05) is 0 Å². The summed E-state index contributed by atoms with van der Waals surface area (Å²) in [4.78, 5) is 37.7. The van der Waals surface area contributed by atoms with Crippen LogP contribution < -0.4 is 5.32 Å². The third-order valence-electron chi connectivity index (χ3n) is 3.26. The average Bonchev–Trinajstić information content (AvgIpc) is 2.58. The van der Waals surface area contributed by atoms with Gasteiger partial charge in [0, 0.05) is 11.1 Å². The van der Waals surface area contributed by atoms with E-state index in [0.29, 0.717) is 0 Å². The molecule has 0 radical (unpaired) electrons. The Morgan fingerprint density at radius 2 is 1.57 bits per heavy atom. The van der Waals surface area contributed by atoms with Gasteiger partial charge in [0.2, 0.25) is 11.9 Å². The summed E-state index contributed by atoms with van der Waals surface area (Å²) < 4.78 is 27.8. The molecule has 28 heavy (non-hydrogen) atoms. The topological polar surface area (TPSA) is 108 Å². The molecule has 1 rings (SSSR count). The van der Waals surface area contributed by atoms with Gasteiger partial charge in [-0.1, -0.05) is 30.3 Å². The molecule has 1 N–H and O–H groups in total. The molecule has 156 valence electrons. The number of rotatable bonds is 10. The van der Waals surface area contributed by atoms with Crippen LogP contribution in [-0.2, 0) is 27.9 Å². The minimum Gasteiger partial charge on any atom is -0.443 e. The summed E-state index contributed by atoms with van der Waals surface area (Å²) in [6, 6.07) is 8.00. The van der Waals surface area contributed by atoms with Gasteiger partial charge in [-0.05, 0) is 34.6 Å². The molecule has 1 unspecified atom stereocenters. The number of Topliss-reactive ketones (excluding diaryl/α,β-unsaturated/α-hetero) is 1. The summed E-state index contributed by atoms with van der Waals surface area (Å²) in [5.74, 6) is -2.47. The Morgan fingerprint density at radius 3 is 2.04 bits per heavy atom. The minimum absolute atomic E-state index is 0.0709. The van der Waals surface area contributed by atoms with E-state index in [2.05, 4.69) is 5.32 Å². The molecule has 0 aliphatic heterocycles. The summed E-state index contributed by atoms with van der Waals surface area (Å²) in [6.07, 6.45) is -2.42. The van der Waals surface area contributed by atoms with Crippen LogP contribution in [0.4, 0.5) is 0 Å². The van der Waals surface area contributed by atoms with Crippen LogP contribution in [0.2, 0.25) is 0 Å². The van der Waals surface area contributed by atoms with Gasteiger partial charge in [-0.2, -0.15) is 0 Å². The number of amides is 1. The van der Waals surface area contributed by atoms with Crippen molar-refractivity contribution in [3.8, 4) is 0 Å². The van der Waals surface area contributed by atoms with Crippen LogP contribution in [0.25, 0.3) is 0 Å². The van der Waals surface area contributed by atoms with Crippen LogP contribution in [0.3, 0.4) is 0 Å². The average molecular weight is 413 g/mol. The van der Waals surface area contributed by atoms with E-state index in [1.165, 1.54) is 12.1 Å². The smallest absolute Gasteiger partial charge is 0.341 e. The minimum atomic E-state index is -3.72. The van der Waals surface area contributed by atoms with Crippen LogP contribution in [-0.4, -0.2) is 48.7 Å². The van der Waals surface area contributed by atoms with Crippen LogP contribution in [0.15, 0.2) is 30.3 Å². The van der Waals surface area contributed by atoms with Gasteiger partial charge in [0.1, 0.15) is 6.16 Å². The number of hydrogen-bond acceptors (Lipinski definition) is 7. The summed E-state index contributed by atoms with van der Waals surface area (Å²) in [7, 11) is -3.72. The summed E-state index contributed by atoms with van der Waals surface area (Å²) in [6.45, 7) is 8.55. The molecule has 0 heterocycles.